The van der Waals surface area contributed by atoms with Gasteiger partial charge in [0.2, 0.25) is 0 Å². The zero-order valence-corrected chi connectivity index (χ0v) is 19.2. The second-order valence-electron chi connectivity index (χ2n) is 8.02. The Bertz CT molecular complexity index is 1350. The van der Waals surface area contributed by atoms with Crippen LogP contribution < -0.4 is 20.9 Å². The first-order valence-corrected chi connectivity index (χ1v) is 10.9. The summed E-state index contributed by atoms with van der Waals surface area (Å²) in [4.78, 5) is 12.8. The number of benzene rings is 4. The van der Waals surface area contributed by atoms with Crippen LogP contribution in [0, 0.1) is 0 Å². The molecule has 4 N–H and O–H groups in total. The molecule has 0 fully saturated rings. The van der Waals surface area contributed by atoms with E-state index in [0.29, 0.717) is 0 Å². The van der Waals surface area contributed by atoms with Crippen LogP contribution in [0.4, 0.5) is 37.7 Å². The smallest absolute Gasteiger partial charge is 0.421 e. The number of alkyl halides is 6. The predicted octanol–water partition coefficient (Wildman–Crippen LogP) is 7.70. The molecule has 4 aromatic carbocycles. The van der Waals surface area contributed by atoms with Crippen molar-refractivity contribution in [2.75, 3.05) is 11.5 Å². The van der Waals surface area contributed by atoms with Crippen LogP contribution in [-0.2, 0) is 12.4 Å². The number of ketones is 1. The average Bonchev–Trinajstić information content (AvgIpc) is 2.83. The highest BCUT2D eigenvalue weighted by atomic mass is 19.4. The van der Waals surface area contributed by atoms with Crippen molar-refractivity contribution in [3.05, 3.63) is 107 Å². The van der Waals surface area contributed by atoms with Crippen molar-refractivity contribution < 1.29 is 40.6 Å². The number of ether oxygens (including phenoxy) is 2. The molecule has 0 aromatic heterocycles. The maximum atomic E-state index is 13.3. The number of carbonyl (C=O) groups is 1. The van der Waals surface area contributed by atoms with E-state index in [1.807, 2.05) is 0 Å². The van der Waals surface area contributed by atoms with E-state index in [1.54, 1.807) is 0 Å². The molecule has 11 heteroatoms. The van der Waals surface area contributed by atoms with E-state index < -0.39 is 52.1 Å². The molecule has 38 heavy (non-hydrogen) atoms. The van der Waals surface area contributed by atoms with Crippen molar-refractivity contribution in [3.63, 3.8) is 0 Å². The molecule has 0 saturated heterocycles. The Balaban J connectivity index is 1.50. The van der Waals surface area contributed by atoms with Gasteiger partial charge in [0.1, 0.15) is 34.1 Å². The van der Waals surface area contributed by atoms with Gasteiger partial charge in [-0.2, -0.15) is 26.3 Å². The molecule has 0 atom stereocenters. The second-order valence-corrected chi connectivity index (χ2v) is 8.02. The molecule has 0 aliphatic carbocycles. The van der Waals surface area contributed by atoms with Crippen molar-refractivity contribution in [2.24, 2.45) is 0 Å². The third-order valence-corrected chi connectivity index (χ3v) is 5.37. The van der Waals surface area contributed by atoms with Crippen LogP contribution in [0.1, 0.15) is 27.0 Å². The third kappa shape index (κ3) is 5.66. The topological polar surface area (TPSA) is 87.6 Å². The van der Waals surface area contributed by atoms with E-state index in [4.69, 9.17) is 20.9 Å². The van der Waals surface area contributed by atoms with E-state index in [1.165, 1.54) is 60.7 Å². The maximum absolute atomic E-state index is 13.3. The Morgan fingerprint density at radius 3 is 1.21 bits per heavy atom. The number of carbonyl (C=O) groups excluding carboxylic acids is 1. The van der Waals surface area contributed by atoms with Crippen LogP contribution in [0.3, 0.4) is 0 Å². The number of nitrogen functional groups attached to an aromatic ring is 2. The Morgan fingerprint density at radius 2 is 0.895 bits per heavy atom. The molecule has 0 radical (unpaired) electrons. The molecule has 4 rings (SSSR count). The summed E-state index contributed by atoms with van der Waals surface area (Å²) < 4.78 is 90.8. The molecule has 0 spiro atoms. The highest BCUT2D eigenvalue weighted by Gasteiger charge is 2.38. The molecule has 0 aliphatic heterocycles. The summed E-state index contributed by atoms with van der Waals surface area (Å²) in [5.41, 5.74) is 8.14. The average molecular weight is 532 g/mol. The number of anilines is 2. The van der Waals surface area contributed by atoms with Gasteiger partial charge in [0.25, 0.3) is 0 Å². The molecule has 5 nitrogen and oxygen atoms in total. The Hall–Kier alpha value is -4.67. The minimum Gasteiger partial charge on any atom is -0.457 e. The predicted molar refractivity (Wildman–Crippen MR) is 128 cm³/mol. The lowest BCUT2D eigenvalue weighted by molar-refractivity contribution is -0.138. The first kappa shape index (κ1) is 26.4. The fourth-order valence-corrected chi connectivity index (χ4v) is 3.64. The number of hydrogen-bond acceptors (Lipinski definition) is 5. The molecule has 0 amide bonds. The molecule has 0 heterocycles. The molecular weight excluding hydrogens is 514 g/mol. The normalized spacial score (nSPS) is 11.7. The van der Waals surface area contributed by atoms with E-state index >= 15 is 0 Å². The quantitative estimate of drug-likeness (QED) is 0.151. The first-order chi connectivity index (χ1) is 17.8. The van der Waals surface area contributed by atoms with Gasteiger partial charge in [-0.1, -0.05) is 12.1 Å². The molecule has 196 valence electrons. The summed E-state index contributed by atoms with van der Waals surface area (Å²) in [7, 11) is 0. The van der Waals surface area contributed by atoms with Gasteiger partial charge in [-0.15, -0.1) is 0 Å². The van der Waals surface area contributed by atoms with Gasteiger partial charge in [-0.25, -0.2) is 0 Å². The zero-order chi connectivity index (χ0) is 27.7. The summed E-state index contributed by atoms with van der Waals surface area (Å²) in [6, 6.07) is 17.9. The standard InChI is InChI=1S/C27H18F6N2O3/c28-26(29,30)23-19(34)3-1-5-21(23)37-17-11-7-15(8-12-17)25(36)16-9-13-18(14-10-16)38-22-6-2-4-20(35)24(22)27(31,32)33/h1-14H,34-35H2. The first-order valence-electron chi connectivity index (χ1n) is 10.9. The van der Waals surface area contributed by atoms with E-state index in [0.717, 1.165) is 24.3 Å². The van der Waals surface area contributed by atoms with Gasteiger partial charge in [-0.3, -0.25) is 4.79 Å². The van der Waals surface area contributed by atoms with E-state index in [-0.39, 0.29) is 22.6 Å². The van der Waals surface area contributed by atoms with Crippen LogP contribution in [0.5, 0.6) is 23.0 Å². The zero-order valence-electron chi connectivity index (χ0n) is 19.2. The molecule has 0 unspecified atom stereocenters. The van der Waals surface area contributed by atoms with E-state index in [9.17, 15) is 31.1 Å². The fourth-order valence-electron chi connectivity index (χ4n) is 3.64. The SMILES string of the molecule is Nc1cccc(Oc2ccc(C(=O)c3ccc(Oc4cccc(N)c4C(F)(F)F)cc3)cc2)c1C(F)(F)F. The van der Waals surface area contributed by atoms with Crippen LogP contribution >= 0.6 is 0 Å². The lowest BCUT2D eigenvalue weighted by atomic mass is 10.0. The minimum atomic E-state index is -4.73. The third-order valence-electron chi connectivity index (χ3n) is 5.37. The Kier molecular flexibility index (Phi) is 6.95. The summed E-state index contributed by atoms with van der Waals surface area (Å²) >= 11 is 0. The summed E-state index contributed by atoms with van der Waals surface area (Å²) in [5, 5.41) is 0. The van der Waals surface area contributed by atoms with Gasteiger partial charge in [0.15, 0.2) is 5.78 Å². The number of nitrogens with two attached hydrogens (primary N) is 2. The highest BCUT2D eigenvalue weighted by Crippen LogP contribution is 2.43. The molecule has 0 saturated carbocycles. The summed E-state index contributed by atoms with van der Waals surface area (Å²) in [5.74, 6) is -1.32. The lowest BCUT2D eigenvalue weighted by Crippen LogP contribution is -2.10. The van der Waals surface area contributed by atoms with Crippen LogP contribution in [0.25, 0.3) is 0 Å². The summed E-state index contributed by atoms with van der Waals surface area (Å²) in [6.07, 6.45) is -9.46. The van der Waals surface area contributed by atoms with E-state index in [2.05, 4.69) is 0 Å². The van der Waals surface area contributed by atoms with Crippen LogP contribution in [0.2, 0.25) is 0 Å². The monoisotopic (exact) mass is 532 g/mol. The highest BCUT2D eigenvalue weighted by molar-refractivity contribution is 6.09. The largest absolute Gasteiger partial charge is 0.457 e. The second kappa shape index (κ2) is 10.0. The van der Waals surface area contributed by atoms with Crippen molar-refractivity contribution in [1.82, 2.24) is 0 Å². The summed E-state index contributed by atoms with van der Waals surface area (Å²) in [6.45, 7) is 0. The Labute approximate surface area is 212 Å². The van der Waals surface area contributed by atoms with Crippen molar-refractivity contribution in [2.45, 2.75) is 12.4 Å². The van der Waals surface area contributed by atoms with Gasteiger partial charge in [0.05, 0.1) is 0 Å². The number of rotatable bonds is 6. The molecule has 0 aliphatic rings. The number of halogens is 6. The molecular formula is C27H18F6N2O3. The Morgan fingerprint density at radius 1 is 0.553 bits per heavy atom. The molecule has 0 bridgehead atoms. The van der Waals surface area contributed by atoms with Gasteiger partial charge in [-0.05, 0) is 72.8 Å². The fraction of sp³-hybridized carbons (Fsp3) is 0.0741. The van der Waals surface area contributed by atoms with Crippen molar-refractivity contribution in [3.8, 4) is 23.0 Å². The van der Waals surface area contributed by atoms with Crippen molar-refractivity contribution in [1.29, 1.82) is 0 Å². The lowest BCUT2D eigenvalue weighted by Gasteiger charge is -2.16. The van der Waals surface area contributed by atoms with Crippen molar-refractivity contribution >= 4 is 17.2 Å². The maximum Gasteiger partial charge on any atom is 0.421 e. The van der Waals surface area contributed by atoms with Crippen LogP contribution in [0.15, 0.2) is 84.9 Å². The molecule has 4 aromatic rings. The van der Waals surface area contributed by atoms with Crippen LogP contribution in [-0.4, -0.2) is 5.78 Å². The van der Waals surface area contributed by atoms with Gasteiger partial charge >= 0.3 is 12.4 Å². The van der Waals surface area contributed by atoms with Gasteiger partial charge < -0.3 is 20.9 Å². The number of hydrogen-bond donors (Lipinski definition) is 2. The van der Waals surface area contributed by atoms with Gasteiger partial charge in [0, 0.05) is 22.5 Å². The minimum absolute atomic E-state index is 0.0454.